The van der Waals surface area contributed by atoms with Crippen LogP contribution < -0.4 is 15.6 Å². The van der Waals surface area contributed by atoms with E-state index in [0.29, 0.717) is 28.3 Å². The number of carbonyl (C=O) groups excluding carboxylic acids is 2. The molecule has 10 heteroatoms. The first-order valence-electron chi connectivity index (χ1n) is 9.14. The van der Waals surface area contributed by atoms with Crippen molar-refractivity contribution < 1.29 is 14.3 Å². The van der Waals surface area contributed by atoms with Gasteiger partial charge in [-0.25, -0.2) is 0 Å². The van der Waals surface area contributed by atoms with E-state index in [1.165, 1.54) is 11.8 Å². The van der Waals surface area contributed by atoms with E-state index in [4.69, 9.17) is 16.3 Å². The molecule has 2 N–H and O–H groups in total. The van der Waals surface area contributed by atoms with Gasteiger partial charge in [-0.1, -0.05) is 41.6 Å². The number of hydrazine groups is 1. The molecule has 0 bridgehead atoms. The highest BCUT2D eigenvalue weighted by Gasteiger charge is 2.15. The molecule has 1 aromatic heterocycles. The average Bonchev–Trinajstić information content (AvgIpc) is 3.19. The predicted molar refractivity (Wildman–Crippen MR) is 115 cm³/mol. The van der Waals surface area contributed by atoms with Crippen molar-refractivity contribution in [3.05, 3.63) is 59.6 Å². The van der Waals surface area contributed by atoms with Gasteiger partial charge in [-0.3, -0.25) is 20.4 Å². The summed E-state index contributed by atoms with van der Waals surface area (Å²) >= 11 is 7.17. The number of nitrogens with one attached hydrogen (secondary N) is 2. The highest BCUT2D eigenvalue weighted by molar-refractivity contribution is 7.99. The van der Waals surface area contributed by atoms with Gasteiger partial charge in [-0.05, 0) is 43.3 Å². The second kappa shape index (κ2) is 10.7. The highest BCUT2D eigenvalue weighted by atomic mass is 35.5. The molecule has 0 atom stereocenters. The van der Waals surface area contributed by atoms with Crippen LogP contribution in [0.4, 0.5) is 0 Å². The van der Waals surface area contributed by atoms with Gasteiger partial charge in [0.05, 0.1) is 5.75 Å². The van der Waals surface area contributed by atoms with E-state index in [9.17, 15) is 9.59 Å². The Bertz CT molecular complexity index is 995. The molecule has 156 valence electrons. The Hall–Kier alpha value is -3.04. The SMILES string of the molecule is CCn1c(SCC(=O)NNC(=O)COc2ccccc2)nnc1-c1ccc(Cl)cc1. The van der Waals surface area contributed by atoms with Crippen molar-refractivity contribution >= 4 is 35.2 Å². The average molecular weight is 446 g/mol. The maximum Gasteiger partial charge on any atom is 0.276 e. The van der Waals surface area contributed by atoms with E-state index in [1.54, 1.807) is 36.4 Å². The zero-order chi connectivity index (χ0) is 21.3. The third-order valence-electron chi connectivity index (χ3n) is 3.92. The van der Waals surface area contributed by atoms with Gasteiger partial charge in [-0.2, -0.15) is 0 Å². The van der Waals surface area contributed by atoms with Gasteiger partial charge < -0.3 is 9.30 Å². The number of benzene rings is 2. The number of hydrogen-bond donors (Lipinski definition) is 2. The summed E-state index contributed by atoms with van der Waals surface area (Å²) in [6.45, 7) is 2.41. The molecule has 1 heterocycles. The fourth-order valence-electron chi connectivity index (χ4n) is 2.50. The normalized spacial score (nSPS) is 10.5. The van der Waals surface area contributed by atoms with Crippen LogP contribution in [0.5, 0.6) is 5.75 Å². The number of thioether (sulfide) groups is 1. The van der Waals surface area contributed by atoms with Gasteiger partial charge in [0.25, 0.3) is 5.91 Å². The van der Waals surface area contributed by atoms with Crippen molar-refractivity contribution in [2.75, 3.05) is 12.4 Å². The van der Waals surface area contributed by atoms with E-state index >= 15 is 0 Å². The number of amides is 2. The Kier molecular flexibility index (Phi) is 7.69. The number of halogens is 1. The van der Waals surface area contributed by atoms with Crippen molar-refractivity contribution in [1.29, 1.82) is 0 Å². The molecule has 0 unspecified atom stereocenters. The van der Waals surface area contributed by atoms with Crippen LogP contribution in [-0.4, -0.2) is 38.9 Å². The van der Waals surface area contributed by atoms with Crippen LogP contribution in [0.1, 0.15) is 6.92 Å². The zero-order valence-electron chi connectivity index (χ0n) is 16.2. The second-order valence-electron chi connectivity index (χ2n) is 6.04. The lowest BCUT2D eigenvalue weighted by Crippen LogP contribution is -2.44. The molecule has 0 aliphatic carbocycles. The topological polar surface area (TPSA) is 98.1 Å². The van der Waals surface area contributed by atoms with Gasteiger partial charge in [0.2, 0.25) is 5.91 Å². The number of aromatic nitrogens is 3. The molecule has 30 heavy (non-hydrogen) atoms. The summed E-state index contributed by atoms with van der Waals surface area (Å²) in [5.41, 5.74) is 5.57. The summed E-state index contributed by atoms with van der Waals surface area (Å²) in [7, 11) is 0. The summed E-state index contributed by atoms with van der Waals surface area (Å²) in [5.74, 6) is 0.512. The van der Waals surface area contributed by atoms with E-state index in [0.717, 1.165) is 5.56 Å². The standard InChI is InChI=1S/C20H20ClN5O3S/c1-2-26-19(14-8-10-15(21)11-9-14)24-25-20(26)30-13-18(28)23-22-17(27)12-29-16-6-4-3-5-7-16/h3-11H,2,12-13H2,1H3,(H,22,27)(H,23,28). The maximum atomic E-state index is 12.0. The van der Waals surface area contributed by atoms with Crippen molar-refractivity contribution in [2.45, 2.75) is 18.6 Å². The van der Waals surface area contributed by atoms with E-state index in [2.05, 4.69) is 21.0 Å². The van der Waals surface area contributed by atoms with Gasteiger partial charge in [-0.15, -0.1) is 10.2 Å². The summed E-state index contributed by atoms with van der Waals surface area (Å²) in [6, 6.07) is 16.3. The molecule has 8 nitrogen and oxygen atoms in total. The second-order valence-corrected chi connectivity index (χ2v) is 7.42. The number of para-hydroxylation sites is 1. The largest absolute Gasteiger partial charge is 0.484 e. The summed E-state index contributed by atoms with van der Waals surface area (Å²) in [5, 5.41) is 9.64. The third-order valence-corrected chi connectivity index (χ3v) is 5.14. The molecule has 0 aliphatic heterocycles. The quantitative estimate of drug-likeness (QED) is 0.408. The first kappa shape index (κ1) is 21.7. The first-order chi connectivity index (χ1) is 14.6. The van der Waals surface area contributed by atoms with E-state index < -0.39 is 5.91 Å². The fraction of sp³-hybridized carbons (Fsp3) is 0.200. The number of hydrogen-bond acceptors (Lipinski definition) is 6. The van der Waals surface area contributed by atoms with Gasteiger partial charge in [0, 0.05) is 17.1 Å². The third kappa shape index (κ3) is 5.98. The smallest absolute Gasteiger partial charge is 0.276 e. The molecule has 0 radical (unpaired) electrons. The molecule has 2 aromatic carbocycles. The number of rotatable bonds is 8. The molecule has 2 amide bonds. The van der Waals surface area contributed by atoms with Crippen LogP contribution in [0.3, 0.4) is 0 Å². The van der Waals surface area contributed by atoms with Crippen LogP contribution >= 0.6 is 23.4 Å². The van der Waals surface area contributed by atoms with E-state index in [-0.39, 0.29) is 18.3 Å². The molecule has 0 fully saturated rings. The Morgan fingerprint density at radius 1 is 1.03 bits per heavy atom. The lowest BCUT2D eigenvalue weighted by atomic mass is 10.2. The summed E-state index contributed by atoms with van der Waals surface area (Å²) < 4.78 is 7.22. The minimum absolute atomic E-state index is 0.0680. The molecular formula is C20H20ClN5O3S. The zero-order valence-corrected chi connectivity index (χ0v) is 17.7. The number of ether oxygens (including phenoxy) is 1. The van der Waals surface area contributed by atoms with Gasteiger partial charge in [0.15, 0.2) is 17.6 Å². The van der Waals surface area contributed by atoms with Crippen LogP contribution in [-0.2, 0) is 16.1 Å². The molecule has 3 rings (SSSR count). The monoisotopic (exact) mass is 445 g/mol. The predicted octanol–water partition coefficient (Wildman–Crippen LogP) is 2.94. The molecule has 3 aromatic rings. The first-order valence-corrected chi connectivity index (χ1v) is 10.5. The fourth-order valence-corrected chi connectivity index (χ4v) is 3.43. The lowest BCUT2D eigenvalue weighted by molar-refractivity contribution is -0.128. The Balaban J connectivity index is 1.47. The van der Waals surface area contributed by atoms with E-state index in [1.807, 2.05) is 29.7 Å². The summed E-state index contributed by atoms with van der Waals surface area (Å²) in [4.78, 5) is 23.8. The van der Waals surface area contributed by atoms with Gasteiger partial charge >= 0.3 is 0 Å². The lowest BCUT2D eigenvalue weighted by Gasteiger charge is -2.09. The highest BCUT2D eigenvalue weighted by Crippen LogP contribution is 2.24. The Labute approximate surface area is 182 Å². The van der Waals surface area contributed by atoms with Crippen LogP contribution in [0.25, 0.3) is 11.4 Å². The van der Waals surface area contributed by atoms with Crippen molar-refractivity contribution in [3.63, 3.8) is 0 Å². The number of nitrogens with zero attached hydrogens (tertiary/aromatic N) is 3. The Morgan fingerprint density at radius 2 is 1.73 bits per heavy atom. The molecule has 0 saturated carbocycles. The van der Waals surface area contributed by atoms with Gasteiger partial charge in [0.1, 0.15) is 5.75 Å². The number of carbonyl (C=O) groups is 2. The van der Waals surface area contributed by atoms with Crippen LogP contribution in [0, 0.1) is 0 Å². The Morgan fingerprint density at radius 3 is 2.43 bits per heavy atom. The molecule has 0 saturated heterocycles. The molecule has 0 spiro atoms. The maximum absolute atomic E-state index is 12.0. The molecule has 0 aliphatic rings. The summed E-state index contributed by atoms with van der Waals surface area (Å²) in [6.07, 6.45) is 0. The van der Waals surface area contributed by atoms with Crippen LogP contribution in [0.2, 0.25) is 5.02 Å². The van der Waals surface area contributed by atoms with Crippen molar-refractivity contribution in [2.24, 2.45) is 0 Å². The van der Waals surface area contributed by atoms with Crippen molar-refractivity contribution in [1.82, 2.24) is 25.6 Å². The minimum Gasteiger partial charge on any atom is -0.484 e. The van der Waals surface area contributed by atoms with Crippen molar-refractivity contribution in [3.8, 4) is 17.1 Å². The molecular weight excluding hydrogens is 426 g/mol. The van der Waals surface area contributed by atoms with Crippen LogP contribution in [0.15, 0.2) is 59.8 Å². The minimum atomic E-state index is -0.459.